The summed E-state index contributed by atoms with van der Waals surface area (Å²) in [6.07, 6.45) is 1.83. The Morgan fingerprint density at radius 1 is 1.44 bits per heavy atom. The normalized spacial score (nSPS) is 10.4. The second kappa shape index (κ2) is 5.16. The molecule has 5 heteroatoms. The van der Waals surface area contributed by atoms with Crippen LogP contribution in [0.1, 0.15) is 16.1 Å². The first-order valence-electron chi connectivity index (χ1n) is 5.37. The zero-order valence-corrected chi connectivity index (χ0v) is 12.3. The summed E-state index contributed by atoms with van der Waals surface area (Å²) in [6, 6.07) is 7.20. The molecule has 0 atom stereocenters. The van der Waals surface area contributed by atoms with E-state index in [2.05, 4.69) is 21.2 Å². The van der Waals surface area contributed by atoms with Crippen LogP contribution in [0.2, 0.25) is 5.02 Å². The highest BCUT2D eigenvalue weighted by Gasteiger charge is 2.12. The first kappa shape index (κ1) is 13.2. The van der Waals surface area contributed by atoms with E-state index in [1.54, 1.807) is 16.7 Å². The maximum Gasteiger partial charge on any atom is 0.272 e. The van der Waals surface area contributed by atoms with E-state index in [1.807, 2.05) is 32.3 Å². The van der Waals surface area contributed by atoms with Crippen LogP contribution in [0.5, 0.6) is 0 Å². The molecular weight excluding hydrogens is 316 g/mol. The van der Waals surface area contributed by atoms with Crippen LogP contribution in [0.15, 0.2) is 34.9 Å². The van der Waals surface area contributed by atoms with E-state index >= 15 is 0 Å². The number of nitrogens with one attached hydrogen (secondary N) is 1. The van der Waals surface area contributed by atoms with Crippen molar-refractivity contribution >= 4 is 39.1 Å². The van der Waals surface area contributed by atoms with Gasteiger partial charge in [-0.2, -0.15) is 0 Å². The van der Waals surface area contributed by atoms with Crippen LogP contribution in [-0.4, -0.2) is 10.5 Å². The summed E-state index contributed by atoms with van der Waals surface area (Å²) in [5, 5.41) is 3.46. The molecule has 0 spiro atoms. The van der Waals surface area contributed by atoms with Gasteiger partial charge in [0.1, 0.15) is 5.69 Å². The lowest BCUT2D eigenvalue weighted by Gasteiger charge is -2.10. The molecule has 18 heavy (non-hydrogen) atoms. The summed E-state index contributed by atoms with van der Waals surface area (Å²) in [7, 11) is 1.83. The first-order valence-corrected chi connectivity index (χ1v) is 6.54. The lowest BCUT2D eigenvalue weighted by molar-refractivity contribution is 0.101. The van der Waals surface area contributed by atoms with Crippen molar-refractivity contribution in [2.24, 2.45) is 7.05 Å². The number of aryl methyl sites for hydroxylation is 2. The Morgan fingerprint density at radius 2 is 2.17 bits per heavy atom. The quantitative estimate of drug-likeness (QED) is 0.888. The van der Waals surface area contributed by atoms with Gasteiger partial charge in [-0.1, -0.05) is 11.6 Å². The van der Waals surface area contributed by atoms with Gasteiger partial charge in [0, 0.05) is 22.7 Å². The number of hydrogen-bond donors (Lipinski definition) is 1. The van der Waals surface area contributed by atoms with E-state index in [0.29, 0.717) is 16.4 Å². The zero-order chi connectivity index (χ0) is 13.3. The number of hydrogen-bond acceptors (Lipinski definition) is 1. The summed E-state index contributed by atoms with van der Waals surface area (Å²) in [4.78, 5) is 12.0. The lowest BCUT2D eigenvalue weighted by Crippen LogP contribution is -2.15. The Morgan fingerprint density at radius 3 is 2.78 bits per heavy atom. The number of halogens is 2. The molecule has 0 aliphatic heterocycles. The smallest absolute Gasteiger partial charge is 0.272 e. The van der Waals surface area contributed by atoms with Crippen molar-refractivity contribution < 1.29 is 4.79 Å². The molecule has 0 aliphatic carbocycles. The summed E-state index contributed by atoms with van der Waals surface area (Å²) in [6.45, 7) is 1.91. The van der Waals surface area contributed by atoms with Gasteiger partial charge in [-0.05, 0) is 52.7 Å². The molecule has 1 aromatic carbocycles. The second-order valence-electron chi connectivity index (χ2n) is 4.04. The first-order chi connectivity index (χ1) is 8.49. The van der Waals surface area contributed by atoms with Gasteiger partial charge < -0.3 is 9.88 Å². The molecule has 3 nitrogen and oxygen atoms in total. The molecule has 0 radical (unpaired) electrons. The average Bonchev–Trinajstić information content (AvgIpc) is 2.72. The molecular formula is C13H12BrClN2O. The van der Waals surface area contributed by atoms with Crippen LogP contribution in [0.4, 0.5) is 5.69 Å². The number of anilines is 1. The third kappa shape index (κ3) is 2.60. The molecule has 1 N–H and O–H groups in total. The molecule has 0 aliphatic rings. The maximum absolute atomic E-state index is 12.0. The van der Waals surface area contributed by atoms with E-state index in [4.69, 9.17) is 11.6 Å². The Labute approximate surface area is 119 Å². The van der Waals surface area contributed by atoms with Crippen molar-refractivity contribution in [2.45, 2.75) is 6.92 Å². The van der Waals surface area contributed by atoms with Gasteiger partial charge in [-0.15, -0.1) is 0 Å². The molecule has 0 fully saturated rings. The predicted octanol–water partition coefficient (Wildman–Crippen LogP) is 4.00. The molecule has 2 aromatic rings. The fourth-order valence-electron chi connectivity index (χ4n) is 1.63. The Hall–Kier alpha value is -1.26. The Bertz CT molecular complexity index is 607. The fourth-order valence-corrected chi connectivity index (χ4v) is 2.35. The van der Waals surface area contributed by atoms with E-state index in [0.717, 1.165) is 10.0 Å². The second-order valence-corrected chi connectivity index (χ2v) is 5.30. The van der Waals surface area contributed by atoms with Crippen molar-refractivity contribution in [3.8, 4) is 0 Å². The maximum atomic E-state index is 12.0. The average molecular weight is 328 g/mol. The molecule has 2 rings (SSSR count). The van der Waals surface area contributed by atoms with E-state index in [-0.39, 0.29) is 5.91 Å². The number of benzene rings is 1. The van der Waals surface area contributed by atoms with Crippen LogP contribution in [0.25, 0.3) is 0 Å². The minimum absolute atomic E-state index is 0.164. The van der Waals surface area contributed by atoms with Crippen LogP contribution in [0, 0.1) is 6.92 Å². The van der Waals surface area contributed by atoms with Crippen molar-refractivity contribution in [1.29, 1.82) is 0 Å². The fraction of sp³-hybridized carbons (Fsp3) is 0.154. The van der Waals surface area contributed by atoms with Gasteiger partial charge in [0.05, 0.1) is 5.69 Å². The van der Waals surface area contributed by atoms with E-state index in [1.165, 1.54) is 0 Å². The predicted molar refractivity (Wildman–Crippen MR) is 77.3 cm³/mol. The number of carbonyl (C=O) groups excluding carboxylic acids is 1. The minimum atomic E-state index is -0.164. The molecule has 94 valence electrons. The van der Waals surface area contributed by atoms with E-state index < -0.39 is 0 Å². The highest BCUT2D eigenvalue weighted by Crippen LogP contribution is 2.29. The summed E-state index contributed by atoms with van der Waals surface area (Å²) in [5.41, 5.74) is 2.22. The molecule has 0 unspecified atom stereocenters. The van der Waals surface area contributed by atoms with Crippen LogP contribution < -0.4 is 5.32 Å². The van der Waals surface area contributed by atoms with Gasteiger partial charge >= 0.3 is 0 Å². The van der Waals surface area contributed by atoms with Gasteiger partial charge in [-0.25, -0.2) is 0 Å². The monoisotopic (exact) mass is 326 g/mol. The largest absolute Gasteiger partial charge is 0.347 e. The topological polar surface area (TPSA) is 34.0 Å². The minimum Gasteiger partial charge on any atom is -0.347 e. The molecule has 0 saturated carbocycles. The standard InChI is InChI=1S/C13H12BrClN2O/c1-8-6-9(14)11(7-10(8)15)16-13(18)12-4-3-5-17(12)2/h3-7H,1-2H3,(H,16,18). The lowest BCUT2D eigenvalue weighted by atomic mass is 10.2. The Kier molecular flexibility index (Phi) is 3.78. The molecule has 1 heterocycles. The number of carbonyl (C=O) groups is 1. The number of aromatic nitrogens is 1. The number of nitrogens with zero attached hydrogens (tertiary/aromatic N) is 1. The van der Waals surface area contributed by atoms with Gasteiger partial charge in [-0.3, -0.25) is 4.79 Å². The third-order valence-corrected chi connectivity index (χ3v) is 3.74. The molecule has 0 saturated heterocycles. The highest BCUT2D eigenvalue weighted by atomic mass is 79.9. The van der Waals surface area contributed by atoms with Crippen LogP contribution in [0.3, 0.4) is 0 Å². The SMILES string of the molecule is Cc1cc(Br)c(NC(=O)c2cccn2C)cc1Cl. The summed E-state index contributed by atoms with van der Waals surface area (Å²) < 4.78 is 2.57. The van der Waals surface area contributed by atoms with Crippen LogP contribution >= 0.6 is 27.5 Å². The molecule has 1 amide bonds. The number of amides is 1. The highest BCUT2D eigenvalue weighted by molar-refractivity contribution is 9.10. The number of rotatable bonds is 2. The van der Waals surface area contributed by atoms with Gasteiger partial charge in [0.2, 0.25) is 0 Å². The third-order valence-electron chi connectivity index (χ3n) is 2.67. The Balaban J connectivity index is 2.28. The van der Waals surface area contributed by atoms with Crippen molar-refractivity contribution in [3.05, 3.63) is 51.2 Å². The van der Waals surface area contributed by atoms with Crippen molar-refractivity contribution in [2.75, 3.05) is 5.32 Å². The zero-order valence-electron chi connectivity index (χ0n) is 10.00. The van der Waals surface area contributed by atoms with Gasteiger partial charge in [0.15, 0.2) is 0 Å². The molecule has 1 aromatic heterocycles. The van der Waals surface area contributed by atoms with Crippen molar-refractivity contribution in [1.82, 2.24) is 4.57 Å². The molecule has 0 bridgehead atoms. The summed E-state index contributed by atoms with van der Waals surface area (Å²) in [5.74, 6) is -0.164. The van der Waals surface area contributed by atoms with Crippen molar-refractivity contribution in [3.63, 3.8) is 0 Å². The van der Waals surface area contributed by atoms with E-state index in [9.17, 15) is 4.79 Å². The summed E-state index contributed by atoms with van der Waals surface area (Å²) >= 11 is 9.46. The van der Waals surface area contributed by atoms with Crippen LogP contribution in [-0.2, 0) is 7.05 Å². The van der Waals surface area contributed by atoms with Gasteiger partial charge in [0.25, 0.3) is 5.91 Å².